The van der Waals surface area contributed by atoms with Crippen LogP contribution in [0.2, 0.25) is 0 Å². The van der Waals surface area contributed by atoms with Gasteiger partial charge in [0.15, 0.2) is 0 Å². The average molecular weight is 258 g/mol. The van der Waals surface area contributed by atoms with E-state index < -0.39 is 6.10 Å². The zero-order valence-corrected chi connectivity index (χ0v) is 11.8. The van der Waals surface area contributed by atoms with Crippen molar-refractivity contribution in [2.75, 3.05) is 20.3 Å². The van der Waals surface area contributed by atoms with Gasteiger partial charge in [-0.1, -0.05) is 20.8 Å². The van der Waals surface area contributed by atoms with Gasteiger partial charge < -0.3 is 15.2 Å². The maximum atomic E-state index is 9.46. The van der Waals surface area contributed by atoms with Crippen LogP contribution in [0.1, 0.15) is 30.7 Å². The molecule has 0 amide bonds. The second kappa shape index (κ2) is 6.44. The molecule has 0 aliphatic heterocycles. The Morgan fingerprint density at radius 3 is 2.76 bits per heavy atom. The standard InChI is InChI=1S/C12H22N2O2S/c1-12(2,3)11-14-7-10(17-11)6-13-5-9(15)8-16-4/h7,9,13,15H,5-6,8H2,1-4H3. The SMILES string of the molecule is COCC(O)CNCc1cnc(C(C)(C)C)s1. The third-order valence-corrected chi connectivity index (χ3v) is 3.66. The Bertz CT molecular complexity index is 333. The lowest BCUT2D eigenvalue weighted by Gasteiger charge is -2.13. The number of methoxy groups -OCH3 is 1. The first-order valence-electron chi connectivity index (χ1n) is 5.76. The van der Waals surface area contributed by atoms with E-state index in [1.165, 1.54) is 4.88 Å². The Kier molecular flexibility index (Phi) is 5.52. The normalized spacial score (nSPS) is 13.9. The molecule has 5 heteroatoms. The van der Waals surface area contributed by atoms with Gasteiger partial charge in [-0.25, -0.2) is 4.98 Å². The van der Waals surface area contributed by atoms with Crippen molar-refractivity contribution in [3.05, 3.63) is 16.1 Å². The van der Waals surface area contributed by atoms with Crippen molar-refractivity contribution >= 4 is 11.3 Å². The summed E-state index contributed by atoms with van der Waals surface area (Å²) in [5, 5.41) is 13.8. The van der Waals surface area contributed by atoms with Crippen LogP contribution < -0.4 is 5.32 Å². The summed E-state index contributed by atoms with van der Waals surface area (Å²) < 4.78 is 4.86. The highest BCUT2D eigenvalue weighted by Crippen LogP contribution is 2.26. The lowest BCUT2D eigenvalue weighted by molar-refractivity contribution is 0.0644. The van der Waals surface area contributed by atoms with Crippen molar-refractivity contribution in [3.63, 3.8) is 0 Å². The van der Waals surface area contributed by atoms with Crippen molar-refractivity contribution in [1.82, 2.24) is 10.3 Å². The van der Waals surface area contributed by atoms with E-state index in [4.69, 9.17) is 4.74 Å². The van der Waals surface area contributed by atoms with Gasteiger partial charge in [0.05, 0.1) is 17.7 Å². The number of hydrogen-bond donors (Lipinski definition) is 2. The van der Waals surface area contributed by atoms with Crippen LogP contribution in [0, 0.1) is 0 Å². The molecule has 0 aliphatic carbocycles. The highest BCUT2D eigenvalue weighted by molar-refractivity contribution is 7.11. The largest absolute Gasteiger partial charge is 0.389 e. The molecule has 0 saturated carbocycles. The van der Waals surface area contributed by atoms with Crippen molar-refractivity contribution in [3.8, 4) is 0 Å². The molecule has 17 heavy (non-hydrogen) atoms. The first kappa shape index (κ1) is 14.6. The maximum absolute atomic E-state index is 9.46. The van der Waals surface area contributed by atoms with Crippen LogP contribution in [-0.2, 0) is 16.7 Å². The number of ether oxygens (including phenoxy) is 1. The quantitative estimate of drug-likeness (QED) is 0.812. The van der Waals surface area contributed by atoms with E-state index >= 15 is 0 Å². The molecule has 1 rings (SSSR count). The van der Waals surface area contributed by atoms with Gasteiger partial charge in [0.25, 0.3) is 0 Å². The lowest BCUT2D eigenvalue weighted by atomic mass is 9.98. The molecule has 98 valence electrons. The minimum Gasteiger partial charge on any atom is -0.389 e. The lowest BCUT2D eigenvalue weighted by Crippen LogP contribution is -2.29. The molecule has 1 heterocycles. The summed E-state index contributed by atoms with van der Waals surface area (Å²) in [6.45, 7) is 8.12. The molecule has 1 aromatic rings. The number of aliphatic hydroxyl groups is 1. The Balaban J connectivity index is 2.35. The summed E-state index contributed by atoms with van der Waals surface area (Å²) in [6.07, 6.45) is 1.45. The molecule has 0 radical (unpaired) electrons. The van der Waals surface area contributed by atoms with Crippen LogP contribution in [0.3, 0.4) is 0 Å². The monoisotopic (exact) mass is 258 g/mol. The highest BCUT2D eigenvalue weighted by atomic mass is 32.1. The number of hydrogen-bond acceptors (Lipinski definition) is 5. The molecule has 4 nitrogen and oxygen atoms in total. The summed E-state index contributed by atoms with van der Waals surface area (Å²) in [4.78, 5) is 5.61. The Morgan fingerprint density at radius 2 is 2.24 bits per heavy atom. The number of aromatic nitrogens is 1. The van der Waals surface area contributed by atoms with E-state index in [-0.39, 0.29) is 5.41 Å². The van der Waals surface area contributed by atoms with E-state index in [0.717, 1.165) is 11.6 Å². The zero-order valence-electron chi connectivity index (χ0n) is 11.0. The van der Waals surface area contributed by atoms with Crippen LogP contribution in [0.5, 0.6) is 0 Å². The van der Waals surface area contributed by atoms with E-state index in [0.29, 0.717) is 13.2 Å². The van der Waals surface area contributed by atoms with Crippen molar-refractivity contribution in [2.24, 2.45) is 0 Å². The van der Waals surface area contributed by atoms with Gasteiger partial charge in [0, 0.05) is 36.7 Å². The molecule has 1 unspecified atom stereocenters. The summed E-state index contributed by atoms with van der Waals surface area (Å²) >= 11 is 1.72. The molecule has 0 spiro atoms. The smallest absolute Gasteiger partial charge is 0.0981 e. The molecule has 2 N–H and O–H groups in total. The number of thiazole rings is 1. The van der Waals surface area contributed by atoms with Crippen LogP contribution in [-0.4, -0.2) is 36.5 Å². The first-order valence-corrected chi connectivity index (χ1v) is 6.58. The van der Waals surface area contributed by atoms with E-state index in [1.54, 1.807) is 18.4 Å². The predicted octanol–water partition coefficient (Wildman–Crippen LogP) is 1.54. The molecule has 0 aliphatic rings. The average Bonchev–Trinajstić information content (AvgIpc) is 2.66. The van der Waals surface area contributed by atoms with Crippen molar-refractivity contribution in [2.45, 2.75) is 38.8 Å². The number of nitrogens with zero attached hydrogens (tertiary/aromatic N) is 1. The van der Waals surface area contributed by atoms with Gasteiger partial charge >= 0.3 is 0 Å². The fraction of sp³-hybridized carbons (Fsp3) is 0.750. The number of rotatable bonds is 6. The zero-order chi connectivity index (χ0) is 12.9. The van der Waals surface area contributed by atoms with Crippen LogP contribution in [0.15, 0.2) is 6.20 Å². The second-order valence-corrected chi connectivity index (χ2v) is 6.24. The van der Waals surface area contributed by atoms with Gasteiger partial charge in [-0.05, 0) is 0 Å². The van der Waals surface area contributed by atoms with Crippen molar-refractivity contribution < 1.29 is 9.84 Å². The highest BCUT2D eigenvalue weighted by Gasteiger charge is 2.17. The molecule has 0 saturated heterocycles. The van der Waals surface area contributed by atoms with E-state index in [1.807, 2.05) is 6.20 Å². The third kappa shape index (κ3) is 5.12. The molecular weight excluding hydrogens is 236 g/mol. The Morgan fingerprint density at radius 1 is 1.53 bits per heavy atom. The van der Waals surface area contributed by atoms with Crippen LogP contribution in [0.25, 0.3) is 0 Å². The van der Waals surface area contributed by atoms with E-state index in [9.17, 15) is 5.11 Å². The van der Waals surface area contributed by atoms with Crippen LogP contribution >= 0.6 is 11.3 Å². The number of aliphatic hydroxyl groups excluding tert-OH is 1. The maximum Gasteiger partial charge on any atom is 0.0981 e. The summed E-state index contributed by atoms with van der Waals surface area (Å²) in [5.41, 5.74) is 0.110. The Hall–Kier alpha value is -0.490. The Labute approximate surface area is 107 Å². The fourth-order valence-corrected chi connectivity index (χ4v) is 2.29. The van der Waals surface area contributed by atoms with Gasteiger partial charge in [-0.3, -0.25) is 0 Å². The molecular formula is C12H22N2O2S. The fourth-order valence-electron chi connectivity index (χ4n) is 1.35. The van der Waals surface area contributed by atoms with Gasteiger partial charge in [0.2, 0.25) is 0 Å². The molecule has 0 aromatic carbocycles. The first-order chi connectivity index (χ1) is 7.93. The predicted molar refractivity (Wildman–Crippen MR) is 70.4 cm³/mol. The minimum absolute atomic E-state index is 0.110. The third-order valence-electron chi connectivity index (χ3n) is 2.23. The molecule has 0 bridgehead atoms. The van der Waals surface area contributed by atoms with E-state index in [2.05, 4.69) is 31.1 Å². The summed E-state index contributed by atoms with van der Waals surface area (Å²) in [5.74, 6) is 0. The van der Waals surface area contributed by atoms with Gasteiger partial charge in [0.1, 0.15) is 0 Å². The number of nitrogens with one attached hydrogen (secondary N) is 1. The summed E-state index contributed by atoms with van der Waals surface area (Å²) in [7, 11) is 1.59. The van der Waals surface area contributed by atoms with Crippen molar-refractivity contribution in [1.29, 1.82) is 0 Å². The molecule has 1 atom stereocenters. The van der Waals surface area contributed by atoms with Gasteiger partial charge in [-0.15, -0.1) is 11.3 Å². The minimum atomic E-state index is -0.449. The van der Waals surface area contributed by atoms with Gasteiger partial charge in [-0.2, -0.15) is 0 Å². The summed E-state index contributed by atoms with van der Waals surface area (Å²) in [6, 6.07) is 0. The molecule has 1 aromatic heterocycles. The topological polar surface area (TPSA) is 54.4 Å². The second-order valence-electron chi connectivity index (χ2n) is 5.12. The molecule has 0 fully saturated rings. The van der Waals surface area contributed by atoms with Crippen LogP contribution in [0.4, 0.5) is 0 Å².